The highest BCUT2D eigenvalue weighted by Crippen LogP contribution is 2.24. The maximum absolute atomic E-state index is 13.9. The SMILES string of the molecule is CCNC(=NCc1c(F)cccc1OC(F)F)NCCCOCCOC.I. The smallest absolute Gasteiger partial charge is 0.387 e. The number of guanidine groups is 1. The predicted molar refractivity (Wildman–Crippen MR) is 109 cm³/mol. The highest BCUT2D eigenvalue weighted by Gasteiger charge is 2.13. The van der Waals surface area contributed by atoms with E-state index in [0.717, 1.165) is 6.42 Å². The number of rotatable bonds is 12. The van der Waals surface area contributed by atoms with Crippen molar-refractivity contribution in [3.8, 4) is 5.75 Å². The molecular weight excluding hydrogens is 478 g/mol. The Balaban J connectivity index is 0.00000676. The van der Waals surface area contributed by atoms with Crippen LogP contribution in [0.1, 0.15) is 18.9 Å². The molecule has 27 heavy (non-hydrogen) atoms. The van der Waals surface area contributed by atoms with E-state index in [1.54, 1.807) is 7.11 Å². The zero-order valence-corrected chi connectivity index (χ0v) is 17.8. The Bertz CT molecular complexity index is 551. The first-order valence-electron chi connectivity index (χ1n) is 8.39. The molecule has 1 rings (SSSR count). The van der Waals surface area contributed by atoms with Crippen LogP contribution in [-0.4, -0.2) is 52.6 Å². The van der Waals surface area contributed by atoms with E-state index in [1.807, 2.05) is 6.92 Å². The number of hydrogen-bond donors (Lipinski definition) is 2. The molecule has 1 aromatic carbocycles. The van der Waals surface area contributed by atoms with E-state index < -0.39 is 12.4 Å². The average Bonchev–Trinajstić information content (AvgIpc) is 2.59. The van der Waals surface area contributed by atoms with E-state index in [-0.39, 0.29) is 41.8 Å². The van der Waals surface area contributed by atoms with E-state index in [2.05, 4.69) is 20.4 Å². The fourth-order valence-corrected chi connectivity index (χ4v) is 2.02. The molecule has 0 aliphatic heterocycles. The summed E-state index contributed by atoms with van der Waals surface area (Å²) in [5, 5.41) is 6.09. The minimum Gasteiger partial charge on any atom is -0.434 e. The number of nitrogens with one attached hydrogen (secondary N) is 2. The number of alkyl halides is 2. The molecule has 0 aromatic heterocycles. The van der Waals surface area contributed by atoms with Crippen molar-refractivity contribution in [2.45, 2.75) is 26.5 Å². The molecule has 0 amide bonds. The quantitative estimate of drug-likeness (QED) is 0.198. The van der Waals surface area contributed by atoms with Crippen LogP contribution in [-0.2, 0) is 16.0 Å². The lowest BCUT2D eigenvalue weighted by molar-refractivity contribution is -0.0506. The molecule has 0 atom stereocenters. The van der Waals surface area contributed by atoms with Crippen molar-refractivity contribution in [1.82, 2.24) is 10.6 Å². The summed E-state index contributed by atoms with van der Waals surface area (Å²) in [6.45, 7) is 1.57. The predicted octanol–water partition coefficient (Wildman–Crippen LogP) is 3.15. The van der Waals surface area contributed by atoms with Crippen LogP contribution in [0.2, 0.25) is 0 Å². The van der Waals surface area contributed by atoms with Gasteiger partial charge in [0.2, 0.25) is 0 Å². The van der Waals surface area contributed by atoms with E-state index in [1.165, 1.54) is 18.2 Å². The van der Waals surface area contributed by atoms with Crippen LogP contribution in [0, 0.1) is 5.82 Å². The molecule has 1 aromatic rings. The fraction of sp³-hybridized carbons (Fsp3) is 0.588. The summed E-state index contributed by atoms with van der Waals surface area (Å²) >= 11 is 0. The summed E-state index contributed by atoms with van der Waals surface area (Å²) in [7, 11) is 1.61. The summed E-state index contributed by atoms with van der Waals surface area (Å²) in [5.41, 5.74) is -0.0205. The number of nitrogens with zero attached hydrogens (tertiary/aromatic N) is 1. The molecule has 0 saturated heterocycles. The Hall–Kier alpha value is -1.27. The van der Waals surface area contributed by atoms with E-state index in [4.69, 9.17) is 9.47 Å². The highest BCUT2D eigenvalue weighted by atomic mass is 127. The van der Waals surface area contributed by atoms with Gasteiger partial charge in [0.05, 0.1) is 25.3 Å². The second-order valence-electron chi connectivity index (χ2n) is 5.18. The Kier molecular flexibility index (Phi) is 15.0. The van der Waals surface area contributed by atoms with Crippen LogP contribution in [0.25, 0.3) is 0 Å². The lowest BCUT2D eigenvalue weighted by Crippen LogP contribution is -2.38. The summed E-state index contributed by atoms with van der Waals surface area (Å²) in [5.74, 6) is -0.406. The lowest BCUT2D eigenvalue weighted by atomic mass is 10.2. The number of hydrogen-bond acceptors (Lipinski definition) is 4. The van der Waals surface area contributed by atoms with Gasteiger partial charge in [-0.2, -0.15) is 8.78 Å². The Labute approximate surface area is 174 Å². The van der Waals surface area contributed by atoms with Gasteiger partial charge < -0.3 is 24.8 Å². The van der Waals surface area contributed by atoms with Crippen LogP contribution in [0.3, 0.4) is 0 Å². The molecule has 0 aliphatic rings. The van der Waals surface area contributed by atoms with Gasteiger partial charge in [0.25, 0.3) is 0 Å². The zero-order chi connectivity index (χ0) is 19.2. The standard InChI is InChI=1S/C17H26F3N3O3.HI/c1-3-21-17(22-8-5-9-25-11-10-24-2)23-12-13-14(18)6-4-7-15(13)26-16(19)20;/h4,6-7,16H,3,5,8-12H2,1-2H3,(H2,21,22,23);1H. The largest absolute Gasteiger partial charge is 0.434 e. The van der Waals surface area contributed by atoms with Crippen molar-refractivity contribution in [2.24, 2.45) is 4.99 Å². The van der Waals surface area contributed by atoms with Gasteiger partial charge in [0.15, 0.2) is 5.96 Å². The molecule has 2 N–H and O–H groups in total. The zero-order valence-electron chi connectivity index (χ0n) is 15.5. The number of aliphatic imine (C=N–C) groups is 1. The van der Waals surface area contributed by atoms with Crippen LogP contribution in [0.5, 0.6) is 5.75 Å². The second kappa shape index (κ2) is 15.8. The van der Waals surface area contributed by atoms with Gasteiger partial charge in [-0.1, -0.05) is 6.07 Å². The van der Waals surface area contributed by atoms with Gasteiger partial charge in [0.1, 0.15) is 11.6 Å². The maximum atomic E-state index is 13.9. The molecule has 0 aliphatic carbocycles. The Morgan fingerprint density at radius 3 is 2.63 bits per heavy atom. The topological polar surface area (TPSA) is 64.1 Å². The fourth-order valence-electron chi connectivity index (χ4n) is 2.02. The van der Waals surface area contributed by atoms with Crippen molar-refractivity contribution in [3.05, 3.63) is 29.6 Å². The molecule has 0 unspecified atom stereocenters. The van der Waals surface area contributed by atoms with Crippen molar-refractivity contribution >= 4 is 29.9 Å². The van der Waals surface area contributed by atoms with Crippen molar-refractivity contribution < 1.29 is 27.4 Å². The monoisotopic (exact) mass is 505 g/mol. The molecule has 0 spiro atoms. The van der Waals surface area contributed by atoms with Crippen LogP contribution in [0.4, 0.5) is 13.2 Å². The molecule has 0 heterocycles. The molecule has 10 heteroatoms. The molecule has 156 valence electrons. The second-order valence-corrected chi connectivity index (χ2v) is 5.18. The highest BCUT2D eigenvalue weighted by molar-refractivity contribution is 14.0. The molecule has 6 nitrogen and oxygen atoms in total. The number of halogens is 4. The van der Waals surface area contributed by atoms with E-state index in [0.29, 0.717) is 38.9 Å². The van der Waals surface area contributed by atoms with Crippen molar-refractivity contribution in [1.29, 1.82) is 0 Å². The van der Waals surface area contributed by atoms with Gasteiger partial charge in [0, 0.05) is 26.8 Å². The van der Waals surface area contributed by atoms with Crippen molar-refractivity contribution in [3.63, 3.8) is 0 Å². The minimum absolute atomic E-state index is 0. The van der Waals surface area contributed by atoms with Crippen LogP contribution in [0.15, 0.2) is 23.2 Å². The van der Waals surface area contributed by atoms with E-state index in [9.17, 15) is 13.2 Å². The first-order valence-corrected chi connectivity index (χ1v) is 8.39. The Morgan fingerprint density at radius 2 is 1.96 bits per heavy atom. The lowest BCUT2D eigenvalue weighted by Gasteiger charge is -2.13. The van der Waals surface area contributed by atoms with Crippen molar-refractivity contribution in [2.75, 3.05) is 40.0 Å². The van der Waals surface area contributed by atoms with E-state index >= 15 is 0 Å². The summed E-state index contributed by atoms with van der Waals surface area (Å²) < 4.78 is 53.4. The average molecular weight is 505 g/mol. The third-order valence-corrected chi connectivity index (χ3v) is 3.22. The molecule has 0 saturated carbocycles. The van der Waals surface area contributed by atoms with Gasteiger partial charge in [-0.3, -0.25) is 0 Å². The maximum Gasteiger partial charge on any atom is 0.387 e. The third kappa shape index (κ3) is 11.2. The van der Waals surface area contributed by atoms with Crippen LogP contribution < -0.4 is 15.4 Å². The number of ether oxygens (including phenoxy) is 3. The van der Waals surface area contributed by atoms with Gasteiger partial charge in [-0.15, -0.1) is 24.0 Å². The van der Waals surface area contributed by atoms with Gasteiger partial charge >= 0.3 is 6.61 Å². The summed E-state index contributed by atoms with van der Waals surface area (Å²) in [6.07, 6.45) is 0.744. The summed E-state index contributed by atoms with van der Waals surface area (Å²) in [6, 6.07) is 3.78. The van der Waals surface area contributed by atoms with Gasteiger partial charge in [-0.05, 0) is 25.5 Å². The summed E-state index contributed by atoms with van der Waals surface area (Å²) in [4.78, 5) is 4.23. The number of benzene rings is 1. The van der Waals surface area contributed by atoms with Crippen LogP contribution >= 0.6 is 24.0 Å². The normalized spacial score (nSPS) is 11.3. The molecule has 0 fully saturated rings. The Morgan fingerprint density at radius 1 is 1.19 bits per heavy atom. The third-order valence-electron chi connectivity index (χ3n) is 3.22. The minimum atomic E-state index is -3.02. The first-order chi connectivity index (χ1) is 12.6. The number of methoxy groups -OCH3 is 1. The molecule has 0 bridgehead atoms. The van der Waals surface area contributed by atoms with Gasteiger partial charge in [-0.25, -0.2) is 9.38 Å². The molecule has 0 radical (unpaired) electrons. The molecular formula is C17H27F3IN3O3. The first kappa shape index (κ1) is 25.7.